The lowest BCUT2D eigenvalue weighted by Gasteiger charge is -2.33. The summed E-state index contributed by atoms with van der Waals surface area (Å²) >= 11 is 0. The maximum Gasteiger partial charge on any atom is 0.490 e. The fourth-order valence-electron chi connectivity index (χ4n) is 3.87. The highest BCUT2D eigenvalue weighted by Crippen LogP contribution is 2.26. The number of aryl methyl sites for hydroxylation is 1. The molecule has 1 fully saturated rings. The number of fused-ring (bicyclic) bond motifs is 1. The van der Waals surface area contributed by atoms with Crippen LogP contribution < -0.4 is 0 Å². The van der Waals surface area contributed by atoms with Crippen molar-refractivity contribution in [3.63, 3.8) is 0 Å². The Morgan fingerprint density at radius 3 is 2.44 bits per heavy atom. The zero-order valence-corrected chi connectivity index (χ0v) is 19.2. The Labute approximate surface area is 194 Å². The van der Waals surface area contributed by atoms with Crippen molar-refractivity contribution in [2.75, 3.05) is 32.8 Å². The van der Waals surface area contributed by atoms with E-state index in [0.29, 0.717) is 32.7 Å². The molecule has 1 N–H and O–H groups in total. The lowest BCUT2D eigenvalue weighted by molar-refractivity contribution is -0.192. The van der Waals surface area contributed by atoms with E-state index in [1.807, 2.05) is 15.8 Å². The van der Waals surface area contributed by atoms with Crippen molar-refractivity contribution in [1.29, 1.82) is 0 Å². The van der Waals surface area contributed by atoms with Gasteiger partial charge in [0, 0.05) is 57.2 Å². The molecule has 0 bridgehead atoms. The molecular formula is C21H29F3N6O4. The van der Waals surface area contributed by atoms with E-state index in [2.05, 4.69) is 40.8 Å². The number of carboxylic acid groups (broad SMARTS) is 1. The molecule has 4 rings (SSSR count). The standard InChI is InChI=1S/C19H28N6O2.C2HF3O2/c1-3-25-13-16(11-20-25)12-23-4-5-24-14-17(21-19(24)15(23)2)10-18(26)22-6-8-27-9-7-22;3-2(4,5)1(6)7/h11,13-15H,3-10,12H2,1-2H3;(H,6,7). The lowest BCUT2D eigenvalue weighted by Crippen LogP contribution is -2.41. The zero-order valence-electron chi connectivity index (χ0n) is 19.2. The van der Waals surface area contributed by atoms with Crippen molar-refractivity contribution in [2.45, 2.75) is 52.1 Å². The van der Waals surface area contributed by atoms with Crippen molar-refractivity contribution in [3.05, 3.63) is 35.7 Å². The van der Waals surface area contributed by atoms with E-state index in [1.165, 1.54) is 5.56 Å². The number of alkyl halides is 3. The van der Waals surface area contributed by atoms with Crippen molar-refractivity contribution < 1.29 is 32.6 Å². The molecule has 0 spiro atoms. The molecule has 0 radical (unpaired) electrons. The van der Waals surface area contributed by atoms with E-state index in [9.17, 15) is 18.0 Å². The number of aliphatic carboxylic acids is 1. The number of rotatable bonds is 5. The second kappa shape index (κ2) is 11.0. The molecule has 2 aromatic rings. The summed E-state index contributed by atoms with van der Waals surface area (Å²) < 4.78 is 41.2. The lowest BCUT2D eigenvalue weighted by atomic mass is 10.2. The van der Waals surface area contributed by atoms with Crippen LogP contribution in [0.15, 0.2) is 18.6 Å². The number of nitrogens with zero attached hydrogens (tertiary/aromatic N) is 6. The molecule has 0 aromatic carbocycles. The zero-order chi connectivity index (χ0) is 24.9. The fourth-order valence-corrected chi connectivity index (χ4v) is 3.87. The summed E-state index contributed by atoms with van der Waals surface area (Å²) in [6.45, 7) is 10.5. The Morgan fingerprint density at radius 1 is 1.18 bits per heavy atom. The molecule has 10 nitrogen and oxygen atoms in total. The third-order valence-corrected chi connectivity index (χ3v) is 5.74. The van der Waals surface area contributed by atoms with Gasteiger partial charge >= 0.3 is 12.1 Å². The van der Waals surface area contributed by atoms with E-state index >= 15 is 0 Å². The van der Waals surface area contributed by atoms with Gasteiger partial charge in [-0.25, -0.2) is 9.78 Å². The van der Waals surface area contributed by atoms with E-state index in [4.69, 9.17) is 19.6 Å². The van der Waals surface area contributed by atoms with Gasteiger partial charge in [0.1, 0.15) is 5.82 Å². The largest absolute Gasteiger partial charge is 0.490 e. The van der Waals surface area contributed by atoms with Crippen LogP contribution in [0.25, 0.3) is 0 Å². The van der Waals surface area contributed by atoms with Gasteiger partial charge < -0.3 is 19.3 Å². The number of imidazole rings is 1. The van der Waals surface area contributed by atoms with Gasteiger partial charge in [0.15, 0.2) is 0 Å². The van der Waals surface area contributed by atoms with Gasteiger partial charge in [-0.3, -0.25) is 14.4 Å². The number of ether oxygens (including phenoxy) is 1. The van der Waals surface area contributed by atoms with E-state index in [-0.39, 0.29) is 11.9 Å². The summed E-state index contributed by atoms with van der Waals surface area (Å²) in [6, 6.07) is 0.218. The van der Waals surface area contributed by atoms with E-state index < -0.39 is 12.1 Å². The van der Waals surface area contributed by atoms with Gasteiger partial charge in [0.05, 0.1) is 37.6 Å². The molecule has 1 unspecified atom stereocenters. The number of carbonyl (C=O) groups excluding carboxylic acids is 1. The molecule has 2 aliphatic rings. The van der Waals surface area contributed by atoms with Gasteiger partial charge in [-0.05, 0) is 13.8 Å². The van der Waals surface area contributed by atoms with Crippen LogP contribution in [0.5, 0.6) is 0 Å². The maximum absolute atomic E-state index is 12.5. The third kappa shape index (κ3) is 6.56. The van der Waals surface area contributed by atoms with Crippen molar-refractivity contribution in [2.24, 2.45) is 0 Å². The summed E-state index contributed by atoms with van der Waals surface area (Å²) in [5.41, 5.74) is 2.10. The number of hydrogen-bond donors (Lipinski definition) is 1. The van der Waals surface area contributed by atoms with Crippen LogP contribution in [-0.2, 0) is 40.4 Å². The van der Waals surface area contributed by atoms with Crippen LogP contribution in [0.4, 0.5) is 13.2 Å². The van der Waals surface area contributed by atoms with Crippen LogP contribution in [-0.4, -0.2) is 85.1 Å². The minimum absolute atomic E-state index is 0.144. The van der Waals surface area contributed by atoms with Gasteiger partial charge in [-0.1, -0.05) is 0 Å². The number of carbonyl (C=O) groups is 2. The number of halogens is 3. The van der Waals surface area contributed by atoms with Crippen molar-refractivity contribution in [3.8, 4) is 0 Å². The first-order valence-electron chi connectivity index (χ1n) is 11.1. The molecule has 1 amide bonds. The molecule has 2 aliphatic heterocycles. The Hall–Kier alpha value is -2.93. The number of hydrogen-bond acceptors (Lipinski definition) is 6. The van der Waals surface area contributed by atoms with Crippen molar-refractivity contribution in [1.82, 2.24) is 29.1 Å². The normalized spacial score (nSPS) is 18.7. The maximum atomic E-state index is 12.5. The topological polar surface area (TPSA) is 106 Å². The highest BCUT2D eigenvalue weighted by atomic mass is 19.4. The Balaban J connectivity index is 0.000000406. The first-order chi connectivity index (χ1) is 16.1. The Morgan fingerprint density at radius 2 is 1.85 bits per heavy atom. The minimum atomic E-state index is -5.08. The summed E-state index contributed by atoms with van der Waals surface area (Å²) in [7, 11) is 0. The molecule has 1 atom stereocenters. The monoisotopic (exact) mass is 486 g/mol. The van der Waals surface area contributed by atoms with Crippen LogP contribution in [0.2, 0.25) is 0 Å². The van der Waals surface area contributed by atoms with E-state index in [0.717, 1.165) is 37.7 Å². The molecule has 2 aromatic heterocycles. The molecule has 1 saturated heterocycles. The third-order valence-electron chi connectivity index (χ3n) is 5.74. The molecular weight excluding hydrogens is 457 g/mol. The van der Waals surface area contributed by atoms with Gasteiger partial charge in [-0.15, -0.1) is 0 Å². The smallest absolute Gasteiger partial charge is 0.475 e. The average Bonchev–Trinajstić information content (AvgIpc) is 3.43. The molecule has 0 aliphatic carbocycles. The summed E-state index contributed by atoms with van der Waals surface area (Å²) in [4.78, 5) is 30.5. The van der Waals surface area contributed by atoms with Crippen LogP contribution in [0, 0.1) is 0 Å². The quantitative estimate of drug-likeness (QED) is 0.686. The van der Waals surface area contributed by atoms with E-state index in [1.54, 1.807) is 0 Å². The summed E-state index contributed by atoms with van der Waals surface area (Å²) in [5, 5.41) is 11.5. The Bertz CT molecular complexity index is 984. The van der Waals surface area contributed by atoms with Crippen LogP contribution in [0.3, 0.4) is 0 Å². The number of morpholine rings is 1. The first-order valence-corrected chi connectivity index (χ1v) is 11.1. The summed E-state index contributed by atoms with van der Waals surface area (Å²) in [6.07, 6.45) is 1.40. The number of amides is 1. The van der Waals surface area contributed by atoms with Gasteiger partial charge in [0.2, 0.25) is 5.91 Å². The minimum Gasteiger partial charge on any atom is -0.475 e. The highest BCUT2D eigenvalue weighted by molar-refractivity contribution is 5.78. The SMILES string of the molecule is CCn1cc(CN2CCn3cc(CC(=O)N4CCOCC4)nc3C2C)cn1.O=C(O)C(F)(F)F. The van der Waals surface area contributed by atoms with Crippen LogP contribution >= 0.6 is 0 Å². The summed E-state index contributed by atoms with van der Waals surface area (Å²) in [5.74, 6) is -1.56. The Kier molecular flexibility index (Phi) is 8.31. The second-order valence-corrected chi connectivity index (χ2v) is 8.11. The fraction of sp³-hybridized carbons (Fsp3) is 0.619. The first kappa shape index (κ1) is 25.7. The molecule has 0 saturated carbocycles. The van der Waals surface area contributed by atoms with Crippen LogP contribution in [0.1, 0.15) is 37.0 Å². The highest BCUT2D eigenvalue weighted by Gasteiger charge is 2.38. The molecule has 4 heterocycles. The van der Waals surface area contributed by atoms with Gasteiger partial charge in [0.25, 0.3) is 0 Å². The number of aromatic nitrogens is 4. The number of carboxylic acids is 1. The van der Waals surface area contributed by atoms with Crippen molar-refractivity contribution >= 4 is 11.9 Å². The predicted octanol–water partition coefficient (Wildman–Crippen LogP) is 1.71. The predicted molar refractivity (Wildman–Crippen MR) is 114 cm³/mol. The molecule has 13 heteroatoms. The molecule has 34 heavy (non-hydrogen) atoms. The second-order valence-electron chi connectivity index (χ2n) is 8.11. The van der Waals surface area contributed by atoms with Gasteiger partial charge in [-0.2, -0.15) is 18.3 Å². The average molecular weight is 486 g/mol. The molecule has 188 valence electrons.